The van der Waals surface area contributed by atoms with Gasteiger partial charge in [-0.15, -0.1) is 0 Å². The van der Waals surface area contributed by atoms with E-state index in [1.807, 2.05) is 31.2 Å². The molecule has 2 amide bonds. The minimum absolute atomic E-state index is 0.0213. The topological polar surface area (TPSA) is 58.6 Å². The highest BCUT2D eigenvalue weighted by Crippen LogP contribution is 2.23. The molecule has 3 rings (SSSR count). The van der Waals surface area contributed by atoms with Crippen LogP contribution in [0.2, 0.25) is 10.0 Å². The molecule has 0 bridgehead atoms. The van der Waals surface area contributed by atoms with Crippen LogP contribution in [-0.4, -0.2) is 42.5 Å². The zero-order valence-corrected chi connectivity index (χ0v) is 17.1. The lowest BCUT2D eigenvalue weighted by Gasteiger charge is -2.32. The fraction of sp³-hybridized carbons (Fsp3) is 0.333. The van der Waals surface area contributed by atoms with Gasteiger partial charge in [0.2, 0.25) is 0 Å². The van der Waals surface area contributed by atoms with E-state index in [2.05, 4.69) is 5.32 Å². The van der Waals surface area contributed by atoms with Crippen LogP contribution in [0.5, 0.6) is 5.75 Å². The fourth-order valence-electron chi connectivity index (χ4n) is 3.11. The van der Waals surface area contributed by atoms with E-state index in [0.29, 0.717) is 47.3 Å². The predicted octanol–water partition coefficient (Wildman–Crippen LogP) is 4.10. The van der Waals surface area contributed by atoms with Crippen molar-refractivity contribution in [1.82, 2.24) is 10.2 Å². The number of benzene rings is 2. The third-order valence-corrected chi connectivity index (χ3v) is 5.26. The largest absolute Gasteiger partial charge is 0.484 e. The third-order valence-electron chi connectivity index (χ3n) is 4.70. The van der Waals surface area contributed by atoms with E-state index in [1.54, 1.807) is 23.1 Å². The number of piperidine rings is 1. The number of carbonyl (C=O) groups is 2. The lowest BCUT2D eigenvalue weighted by molar-refractivity contribution is -0.124. The summed E-state index contributed by atoms with van der Waals surface area (Å²) < 4.78 is 5.50. The SMILES string of the molecule is Cc1ccc(OCC(=O)NC2CCN(C(=O)c3cc(Cl)ccc3Cl)CC2)cc1. The molecule has 1 aliphatic heterocycles. The van der Waals surface area contributed by atoms with Crippen molar-refractivity contribution in [3.63, 3.8) is 0 Å². The molecule has 2 aromatic carbocycles. The molecule has 0 saturated carbocycles. The Labute approximate surface area is 174 Å². The average Bonchev–Trinajstić information content (AvgIpc) is 2.69. The van der Waals surface area contributed by atoms with Gasteiger partial charge in [0, 0.05) is 24.2 Å². The number of hydrogen-bond acceptors (Lipinski definition) is 3. The van der Waals surface area contributed by atoms with Crippen molar-refractivity contribution in [2.45, 2.75) is 25.8 Å². The molecule has 2 aromatic rings. The number of hydrogen-bond donors (Lipinski definition) is 1. The maximum atomic E-state index is 12.7. The van der Waals surface area contributed by atoms with E-state index in [-0.39, 0.29) is 24.5 Å². The lowest BCUT2D eigenvalue weighted by atomic mass is 10.0. The quantitative estimate of drug-likeness (QED) is 0.791. The number of amides is 2. The molecular weight excluding hydrogens is 399 g/mol. The van der Waals surface area contributed by atoms with Gasteiger partial charge in [-0.2, -0.15) is 0 Å². The summed E-state index contributed by atoms with van der Waals surface area (Å²) in [5.74, 6) is 0.364. The van der Waals surface area contributed by atoms with E-state index in [1.165, 1.54) is 0 Å². The van der Waals surface area contributed by atoms with Crippen LogP contribution in [0.3, 0.4) is 0 Å². The highest BCUT2D eigenvalue weighted by atomic mass is 35.5. The van der Waals surface area contributed by atoms with Gasteiger partial charge in [0.1, 0.15) is 5.75 Å². The van der Waals surface area contributed by atoms with E-state index in [4.69, 9.17) is 27.9 Å². The summed E-state index contributed by atoms with van der Waals surface area (Å²) in [4.78, 5) is 26.5. The number of ether oxygens (including phenoxy) is 1. The molecule has 0 radical (unpaired) electrons. The molecule has 1 heterocycles. The van der Waals surface area contributed by atoms with Gasteiger partial charge < -0.3 is 15.0 Å². The van der Waals surface area contributed by atoms with Crippen LogP contribution < -0.4 is 10.1 Å². The molecule has 148 valence electrons. The summed E-state index contributed by atoms with van der Waals surface area (Å²) in [5, 5.41) is 3.83. The molecule has 5 nitrogen and oxygen atoms in total. The van der Waals surface area contributed by atoms with Gasteiger partial charge in [0.05, 0.1) is 10.6 Å². The molecule has 1 N–H and O–H groups in total. The minimum Gasteiger partial charge on any atom is -0.484 e. The van der Waals surface area contributed by atoms with Crippen LogP contribution in [0.15, 0.2) is 42.5 Å². The predicted molar refractivity (Wildman–Crippen MR) is 110 cm³/mol. The number of likely N-dealkylation sites (tertiary alicyclic amines) is 1. The number of nitrogens with zero attached hydrogens (tertiary/aromatic N) is 1. The second-order valence-electron chi connectivity index (χ2n) is 6.86. The molecule has 0 unspecified atom stereocenters. The van der Waals surface area contributed by atoms with Gasteiger partial charge in [-0.3, -0.25) is 9.59 Å². The molecule has 1 fully saturated rings. The minimum atomic E-state index is -0.164. The van der Waals surface area contributed by atoms with Crippen molar-refractivity contribution >= 4 is 35.0 Å². The van der Waals surface area contributed by atoms with Crippen LogP contribution in [0, 0.1) is 6.92 Å². The van der Waals surface area contributed by atoms with E-state index in [0.717, 1.165) is 5.56 Å². The first-order valence-corrected chi connectivity index (χ1v) is 9.91. The van der Waals surface area contributed by atoms with Gasteiger partial charge in [0.25, 0.3) is 11.8 Å². The summed E-state index contributed by atoms with van der Waals surface area (Å²) in [6.45, 7) is 3.06. The molecule has 0 aliphatic carbocycles. The standard InChI is InChI=1S/C21H22Cl2N2O3/c1-14-2-5-17(6-3-14)28-13-20(26)24-16-8-10-25(11-9-16)21(27)18-12-15(22)4-7-19(18)23/h2-7,12,16H,8-11,13H2,1H3,(H,24,26). The first-order valence-electron chi connectivity index (χ1n) is 9.15. The number of nitrogens with one attached hydrogen (secondary N) is 1. The van der Waals surface area contributed by atoms with Gasteiger partial charge in [0.15, 0.2) is 6.61 Å². The summed E-state index contributed by atoms with van der Waals surface area (Å²) in [6, 6.07) is 12.4. The number of aryl methyl sites for hydroxylation is 1. The highest BCUT2D eigenvalue weighted by molar-refractivity contribution is 6.35. The summed E-state index contributed by atoms with van der Waals surface area (Å²) in [7, 11) is 0. The number of rotatable bonds is 5. The van der Waals surface area contributed by atoms with Gasteiger partial charge >= 0.3 is 0 Å². The van der Waals surface area contributed by atoms with Crippen molar-refractivity contribution in [3.05, 3.63) is 63.6 Å². The molecule has 1 saturated heterocycles. The lowest BCUT2D eigenvalue weighted by Crippen LogP contribution is -2.47. The summed E-state index contributed by atoms with van der Waals surface area (Å²) >= 11 is 12.1. The Bertz CT molecular complexity index is 847. The fourth-order valence-corrected chi connectivity index (χ4v) is 3.48. The molecule has 7 heteroatoms. The van der Waals surface area contributed by atoms with Crippen LogP contribution in [0.25, 0.3) is 0 Å². The monoisotopic (exact) mass is 420 g/mol. The zero-order valence-electron chi connectivity index (χ0n) is 15.6. The first-order chi connectivity index (χ1) is 13.4. The second kappa shape index (κ2) is 9.30. The van der Waals surface area contributed by atoms with Crippen LogP contribution in [-0.2, 0) is 4.79 Å². The van der Waals surface area contributed by atoms with Crippen LogP contribution in [0.1, 0.15) is 28.8 Å². The molecule has 0 aromatic heterocycles. The Hall–Kier alpha value is -2.24. The molecular formula is C21H22Cl2N2O3. The summed E-state index contributed by atoms with van der Waals surface area (Å²) in [6.07, 6.45) is 1.36. The maximum Gasteiger partial charge on any atom is 0.258 e. The van der Waals surface area contributed by atoms with Gasteiger partial charge in [-0.05, 0) is 50.1 Å². The van der Waals surface area contributed by atoms with E-state index < -0.39 is 0 Å². The Morgan fingerprint density at radius 1 is 1.11 bits per heavy atom. The number of carbonyl (C=O) groups excluding carboxylic acids is 2. The Kier molecular flexibility index (Phi) is 6.81. The average molecular weight is 421 g/mol. The Morgan fingerprint density at radius 3 is 2.46 bits per heavy atom. The van der Waals surface area contributed by atoms with E-state index >= 15 is 0 Å². The normalized spacial score (nSPS) is 14.6. The van der Waals surface area contributed by atoms with Gasteiger partial charge in [-0.1, -0.05) is 40.9 Å². The molecule has 0 atom stereocenters. The first kappa shape index (κ1) is 20.5. The van der Waals surface area contributed by atoms with Crippen molar-refractivity contribution in [1.29, 1.82) is 0 Å². The van der Waals surface area contributed by atoms with Crippen molar-refractivity contribution in [2.75, 3.05) is 19.7 Å². The van der Waals surface area contributed by atoms with Crippen LogP contribution >= 0.6 is 23.2 Å². The van der Waals surface area contributed by atoms with Crippen LogP contribution in [0.4, 0.5) is 0 Å². The smallest absolute Gasteiger partial charge is 0.258 e. The Balaban J connectivity index is 1.45. The van der Waals surface area contributed by atoms with Crippen molar-refractivity contribution in [2.24, 2.45) is 0 Å². The molecule has 0 spiro atoms. The van der Waals surface area contributed by atoms with Crippen molar-refractivity contribution in [3.8, 4) is 5.75 Å². The maximum absolute atomic E-state index is 12.7. The molecule has 1 aliphatic rings. The zero-order chi connectivity index (χ0) is 20.1. The van der Waals surface area contributed by atoms with Crippen molar-refractivity contribution < 1.29 is 14.3 Å². The third kappa shape index (κ3) is 5.40. The summed E-state index contributed by atoms with van der Waals surface area (Å²) in [5.41, 5.74) is 1.54. The Morgan fingerprint density at radius 2 is 1.79 bits per heavy atom. The second-order valence-corrected chi connectivity index (χ2v) is 7.70. The highest BCUT2D eigenvalue weighted by Gasteiger charge is 2.26. The number of halogens is 2. The molecule has 28 heavy (non-hydrogen) atoms. The van der Waals surface area contributed by atoms with E-state index in [9.17, 15) is 9.59 Å². The van der Waals surface area contributed by atoms with Gasteiger partial charge in [-0.25, -0.2) is 0 Å².